The predicted octanol–water partition coefficient (Wildman–Crippen LogP) is 0.655. The molecule has 0 aromatic heterocycles. The molecule has 1 aromatic carbocycles. The first kappa shape index (κ1) is 15.4. The molecule has 1 fully saturated rings. The number of nitrogens with two attached hydrogens (primary N) is 1. The highest BCUT2D eigenvalue weighted by Crippen LogP contribution is 2.23. The van der Waals surface area contributed by atoms with Crippen LogP contribution in [0.15, 0.2) is 23.1 Å². The van der Waals surface area contributed by atoms with E-state index in [4.69, 9.17) is 5.73 Å². The van der Waals surface area contributed by atoms with Crippen LogP contribution in [0, 0.1) is 5.82 Å². The number of nitrogens with zero attached hydrogens (tertiary/aromatic N) is 1. The lowest BCUT2D eigenvalue weighted by atomic mass is 10.2. The summed E-state index contributed by atoms with van der Waals surface area (Å²) in [5.74, 6) is -0.572. The van der Waals surface area contributed by atoms with E-state index in [1.54, 1.807) is 0 Å². The van der Waals surface area contributed by atoms with Gasteiger partial charge in [-0.05, 0) is 31.5 Å². The Morgan fingerprint density at radius 2 is 1.95 bits per heavy atom. The lowest BCUT2D eigenvalue weighted by molar-refractivity contribution is 0.262. The van der Waals surface area contributed by atoms with E-state index in [-0.39, 0.29) is 23.5 Å². The Morgan fingerprint density at radius 1 is 1.35 bits per heavy atom. The van der Waals surface area contributed by atoms with Crippen molar-refractivity contribution in [2.45, 2.75) is 37.4 Å². The van der Waals surface area contributed by atoms with E-state index < -0.39 is 15.8 Å². The van der Waals surface area contributed by atoms with Crippen LogP contribution in [0.1, 0.15) is 19.4 Å². The third-order valence-electron chi connectivity index (χ3n) is 3.39. The first-order chi connectivity index (χ1) is 9.34. The summed E-state index contributed by atoms with van der Waals surface area (Å²) >= 11 is 0. The second-order valence-electron chi connectivity index (χ2n) is 5.25. The van der Waals surface area contributed by atoms with Gasteiger partial charge in [0.2, 0.25) is 10.0 Å². The molecule has 0 saturated carbocycles. The maximum absolute atomic E-state index is 13.4. The summed E-state index contributed by atoms with van der Waals surface area (Å²) in [4.78, 5) is -0.0266. The third kappa shape index (κ3) is 3.01. The van der Waals surface area contributed by atoms with E-state index in [1.165, 1.54) is 16.4 Å². The van der Waals surface area contributed by atoms with Gasteiger partial charge in [0.05, 0.1) is 4.90 Å². The van der Waals surface area contributed by atoms with Gasteiger partial charge in [-0.3, -0.25) is 0 Å². The summed E-state index contributed by atoms with van der Waals surface area (Å²) in [5, 5.41) is 3.27. The van der Waals surface area contributed by atoms with Crippen LogP contribution >= 0.6 is 0 Å². The van der Waals surface area contributed by atoms with Gasteiger partial charge in [-0.1, -0.05) is 6.07 Å². The number of hydrogen-bond acceptors (Lipinski definition) is 4. The molecule has 0 bridgehead atoms. The zero-order chi connectivity index (χ0) is 14.9. The van der Waals surface area contributed by atoms with E-state index in [1.807, 2.05) is 13.8 Å². The fourth-order valence-electron chi connectivity index (χ4n) is 2.55. The van der Waals surface area contributed by atoms with Crippen LogP contribution in [0.2, 0.25) is 0 Å². The quantitative estimate of drug-likeness (QED) is 0.860. The molecule has 1 aliphatic rings. The van der Waals surface area contributed by atoms with Crippen molar-refractivity contribution < 1.29 is 12.8 Å². The molecule has 1 aliphatic heterocycles. The van der Waals surface area contributed by atoms with Gasteiger partial charge in [0, 0.05) is 31.7 Å². The monoisotopic (exact) mass is 301 g/mol. The average molecular weight is 301 g/mol. The van der Waals surface area contributed by atoms with Gasteiger partial charge in [-0.15, -0.1) is 0 Å². The lowest BCUT2D eigenvalue weighted by Crippen LogP contribution is -2.55. The molecule has 0 amide bonds. The topological polar surface area (TPSA) is 75.4 Å². The summed E-state index contributed by atoms with van der Waals surface area (Å²) in [6.45, 7) is 4.65. The van der Waals surface area contributed by atoms with Crippen molar-refractivity contribution in [2.24, 2.45) is 5.73 Å². The van der Waals surface area contributed by atoms with Crippen LogP contribution in [-0.2, 0) is 16.6 Å². The highest BCUT2D eigenvalue weighted by atomic mass is 32.2. The number of benzene rings is 1. The highest BCUT2D eigenvalue weighted by Gasteiger charge is 2.32. The number of nitrogens with one attached hydrogen (secondary N) is 1. The fourth-order valence-corrected chi connectivity index (χ4v) is 4.41. The Balaban J connectivity index is 2.42. The Bertz CT molecular complexity index is 581. The fraction of sp³-hybridized carbons (Fsp3) is 0.538. The number of sulfonamides is 1. The summed E-state index contributed by atoms with van der Waals surface area (Å²) in [5.41, 5.74) is 6.00. The largest absolute Gasteiger partial charge is 0.326 e. The molecule has 1 aromatic rings. The van der Waals surface area contributed by atoms with Crippen LogP contribution < -0.4 is 11.1 Å². The van der Waals surface area contributed by atoms with Gasteiger partial charge in [0.25, 0.3) is 0 Å². The molecule has 2 unspecified atom stereocenters. The van der Waals surface area contributed by atoms with E-state index in [2.05, 4.69) is 5.32 Å². The van der Waals surface area contributed by atoms with Crippen molar-refractivity contribution in [2.75, 3.05) is 13.1 Å². The molecule has 7 heteroatoms. The van der Waals surface area contributed by atoms with Crippen LogP contribution in [0.25, 0.3) is 0 Å². The van der Waals surface area contributed by atoms with E-state index in [9.17, 15) is 12.8 Å². The third-order valence-corrected chi connectivity index (χ3v) is 5.30. The van der Waals surface area contributed by atoms with Crippen LogP contribution in [0.5, 0.6) is 0 Å². The summed E-state index contributed by atoms with van der Waals surface area (Å²) in [7, 11) is -3.72. The Hall–Kier alpha value is -1.02. The Kier molecular flexibility index (Phi) is 4.43. The zero-order valence-electron chi connectivity index (χ0n) is 11.6. The van der Waals surface area contributed by atoms with Crippen molar-refractivity contribution >= 4 is 10.0 Å². The zero-order valence-corrected chi connectivity index (χ0v) is 12.5. The van der Waals surface area contributed by atoms with Gasteiger partial charge in [-0.25, -0.2) is 12.8 Å². The van der Waals surface area contributed by atoms with Crippen molar-refractivity contribution in [3.8, 4) is 0 Å². The smallest absolute Gasteiger partial charge is 0.243 e. The van der Waals surface area contributed by atoms with Gasteiger partial charge in [-0.2, -0.15) is 4.31 Å². The second-order valence-corrected chi connectivity index (χ2v) is 7.15. The molecule has 0 aliphatic carbocycles. The minimum atomic E-state index is -3.72. The SMILES string of the molecule is CC1CN(S(=O)(=O)c2cc(F)ccc2CN)CC(C)N1. The van der Waals surface area contributed by atoms with Crippen molar-refractivity contribution in [3.63, 3.8) is 0 Å². The minimum Gasteiger partial charge on any atom is -0.326 e. The number of halogens is 1. The minimum absolute atomic E-state index is 0.0266. The van der Waals surface area contributed by atoms with Crippen molar-refractivity contribution in [1.29, 1.82) is 0 Å². The number of hydrogen-bond donors (Lipinski definition) is 2. The molecule has 3 N–H and O–H groups in total. The van der Waals surface area contributed by atoms with Gasteiger partial charge in [0.1, 0.15) is 5.82 Å². The van der Waals surface area contributed by atoms with Gasteiger partial charge in [0.15, 0.2) is 0 Å². The van der Waals surface area contributed by atoms with Crippen molar-refractivity contribution in [1.82, 2.24) is 9.62 Å². The highest BCUT2D eigenvalue weighted by molar-refractivity contribution is 7.89. The maximum atomic E-state index is 13.4. The van der Waals surface area contributed by atoms with E-state index >= 15 is 0 Å². The molecule has 2 atom stereocenters. The predicted molar refractivity (Wildman–Crippen MR) is 75.1 cm³/mol. The Morgan fingerprint density at radius 3 is 2.50 bits per heavy atom. The molecule has 1 saturated heterocycles. The molecule has 20 heavy (non-hydrogen) atoms. The van der Waals surface area contributed by atoms with Gasteiger partial charge >= 0.3 is 0 Å². The van der Waals surface area contributed by atoms with E-state index in [0.29, 0.717) is 18.7 Å². The summed E-state index contributed by atoms with van der Waals surface area (Å²) < 4.78 is 40.2. The molecule has 2 rings (SSSR count). The number of rotatable bonds is 3. The van der Waals surface area contributed by atoms with Crippen LogP contribution in [-0.4, -0.2) is 37.9 Å². The first-order valence-corrected chi connectivity index (χ1v) is 8.03. The molecular weight excluding hydrogens is 281 g/mol. The molecule has 112 valence electrons. The standard InChI is InChI=1S/C13H20FN3O2S/c1-9-7-17(8-10(2)16-9)20(18,19)13-5-12(14)4-3-11(13)6-15/h3-5,9-10,16H,6-8,15H2,1-2H3. The number of piperazine rings is 1. The molecule has 0 radical (unpaired) electrons. The lowest BCUT2D eigenvalue weighted by Gasteiger charge is -2.35. The van der Waals surface area contributed by atoms with E-state index in [0.717, 1.165) is 6.07 Å². The first-order valence-electron chi connectivity index (χ1n) is 6.59. The second kappa shape index (κ2) is 5.77. The van der Waals surface area contributed by atoms with Crippen LogP contribution in [0.4, 0.5) is 4.39 Å². The average Bonchev–Trinajstić information content (AvgIpc) is 2.37. The Labute approximate surface area is 119 Å². The molecule has 0 spiro atoms. The molecule has 1 heterocycles. The maximum Gasteiger partial charge on any atom is 0.243 e. The summed E-state index contributed by atoms with van der Waals surface area (Å²) in [6, 6.07) is 3.82. The normalized spacial score (nSPS) is 24.8. The van der Waals surface area contributed by atoms with Crippen molar-refractivity contribution in [3.05, 3.63) is 29.6 Å². The molecular formula is C13H20FN3O2S. The van der Waals surface area contributed by atoms with Gasteiger partial charge < -0.3 is 11.1 Å². The molecule has 5 nitrogen and oxygen atoms in total. The van der Waals surface area contributed by atoms with Crippen LogP contribution in [0.3, 0.4) is 0 Å². The summed E-state index contributed by atoms with van der Waals surface area (Å²) in [6.07, 6.45) is 0.